The SMILES string of the molecule is CCCNCc1ccc(Oc2cc(C)[nH]n2)nc1. The lowest BCUT2D eigenvalue weighted by Gasteiger charge is -2.04. The van der Waals surface area contributed by atoms with Crippen LogP contribution >= 0.6 is 0 Å². The quantitative estimate of drug-likeness (QED) is 0.768. The smallest absolute Gasteiger partial charge is 0.240 e. The molecule has 2 heterocycles. The maximum absolute atomic E-state index is 5.51. The van der Waals surface area contributed by atoms with Gasteiger partial charge in [-0.2, -0.15) is 0 Å². The van der Waals surface area contributed by atoms with Crippen LogP contribution in [0.25, 0.3) is 0 Å². The molecule has 0 saturated carbocycles. The number of pyridine rings is 1. The third-order valence-corrected chi connectivity index (χ3v) is 2.45. The molecule has 0 fully saturated rings. The summed E-state index contributed by atoms with van der Waals surface area (Å²) in [4.78, 5) is 4.25. The Labute approximate surface area is 107 Å². The van der Waals surface area contributed by atoms with E-state index in [0.29, 0.717) is 11.8 Å². The van der Waals surface area contributed by atoms with Gasteiger partial charge in [-0.25, -0.2) is 4.98 Å². The van der Waals surface area contributed by atoms with Gasteiger partial charge in [-0.05, 0) is 25.5 Å². The fourth-order valence-electron chi connectivity index (χ4n) is 1.54. The number of hydrogen-bond acceptors (Lipinski definition) is 4. The molecule has 0 aromatic carbocycles. The van der Waals surface area contributed by atoms with Crippen molar-refractivity contribution >= 4 is 0 Å². The summed E-state index contributed by atoms with van der Waals surface area (Å²) in [7, 11) is 0. The van der Waals surface area contributed by atoms with E-state index in [-0.39, 0.29) is 0 Å². The Morgan fingerprint density at radius 1 is 1.33 bits per heavy atom. The molecule has 0 radical (unpaired) electrons. The van der Waals surface area contributed by atoms with Gasteiger partial charge in [0.1, 0.15) is 0 Å². The number of ether oxygens (including phenoxy) is 1. The molecule has 96 valence electrons. The van der Waals surface area contributed by atoms with Crippen molar-refractivity contribution in [3.05, 3.63) is 35.7 Å². The molecule has 0 aliphatic rings. The summed E-state index contributed by atoms with van der Waals surface area (Å²) >= 11 is 0. The van der Waals surface area contributed by atoms with Gasteiger partial charge in [0.05, 0.1) is 0 Å². The molecule has 0 bridgehead atoms. The van der Waals surface area contributed by atoms with Crippen molar-refractivity contribution < 1.29 is 4.74 Å². The molecular formula is C13H18N4O. The molecule has 0 saturated heterocycles. The zero-order valence-corrected chi connectivity index (χ0v) is 10.7. The molecule has 2 rings (SSSR count). The Hall–Kier alpha value is -1.88. The van der Waals surface area contributed by atoms with E-state index in [2.05, 4.69) is 27.4 Å². The van der Waals surface area contributed by atoms with Crippen LogP contribution in [-0.4, -0.2) is 21.7 Å². The van der Waals surface area contributed by atoms with Crippen LogP contribution in [0.1, 0.15) is 24.6 Å². The molecule has 0 amide bonds. The van der Waals surface area contributed by atoms with Crippen LogP contribution in [-0.2, 0) is 6.54 Å². The standard InChI is InChI=1S/C13H18N4O/c1-3-6-14-8-11-4-5-12(15-9-11)18-13-7-10(2)16-17-13/h4-5,7,9,14H,3,6,8H2,1-2H3,(H,16,17). The first-order chi connectivity index (χ1) is 8.78. The molecule has 18 heavy (non-hydrogen) atoms. The fraction of sp³-hybridized carbons (Fsp3) is 0.385. The van der Waals surface area contributed by atoms with E-state index >= 15 is 0 Å². The Balaban J connectivity index is 1.91. The van der Waals surface area contributed by atoms with E-state index in [0.717, 1.165) is 30.8 Å². The number of rotatable bonds is 6. The first kappa shape index (κ1) is 12.6. The Morgan fingerprint density at radius 3 is 2.83 bits per heavy atom. The monoisotopic (exact) mass is 246 g/mol. The summed E-state index contributed by atoms with van der Waals surface area (Å²) in [6.07, 6.45) is 2.95. The third kappa shape index (κ3) is 3.56. The van der Waals surface area contributed by atoms with E-state index in [4.69, 9.17) is 4.74 Å². The number of aromatic nitrogens is 3. The lowest BCUT2D eigenvalue weighted by Crippen LogP contribution is -2.13. The van der Waals surface area contributed by atoms with Gasteiger partial charge in [-0.15, -0.1) is 5.10 Å². The van der Waals surface area contributed by atoms with Crippen LogP contribution in [0.3, 0.4) is 0 Å². The van der Waals surface area contributed by atoms with Crippen LogP contribution in [0.2, 0.25) is 0 Å². The minimum absolute atomic E-state index is 0.539. The van der Waals surface area contributed by atoms with Crippen LogP contribution in [0, 0.1) is 6.92 Å². The summed E-state index contributed by atoms with van der Waals surface area (Å²) < 4.78 is 5.51. The average molecular weight is 246 g/mol. The predicted molar refractivity (Wildman–Crippen MR) is 69.6 cm³/mol. The normalized spacial score (nSPS) is 10.6. The summed E-state index contributed by atoms with van der Waals surface area (Å²) in [6, 6.07) is 5.69. The molecule has 5 nitrogen and oxygen atoms in total. The topological polar surface area (TPSA) is 62.8 Å². The number of nitrogens with zero attached hydrogens (tertiary/aromatic N) is 2. The van der Waals surface area contributed by atoms with Gasteiger partial charge in [0, 0.05) is 30.6 Å². The van der Waals surface area contributed by atoms with E-state index in [1.54, 1.807) is 0 Å². The van der Waals surface area contributed by atoms with Crippen molar-refractivity contribution in [2.75, 3.05) is 6.54 Å². The van der Waals surface area contributed by atoms with E-state index < -0.39 is 0 Å². The summed E-state index contributed by atoms with van der Waals surface area (Å²) in [6.45, 7) is 5.93. The molecule has 0 aliphatic carbocycles. The molecule has 0 aliphatic heterocycles. The molecule has 0 unspecified atom stereocenters. The van der Waals surface area contributed by atoms with E-state index in [1.807, 2.05) is 31.3 Å². The number of hydrogen-bond donors (Lipinski definition) is 2. The Kier molecular flexibility index (Phi) is 4.30. The fourth-order valence-corrected chi connectivity index (χ4v) is 1.54. The van der Waals surface area contributed by atoms with Gasteiger partial charge in [0.2, 0.25) is 11.8 Å². The van der Waals surface area contributed by atoms with Gasteiger partial charge in [-0.1, -0.05) is 13.0 Å². The maximum Gasteiger partial charge on any atom is 0.240 e. The second-order valence-corrected chi connectivity index (χ2v) is 4.17. The van der Waals surface area contributed by atoms with E-state index in [9.17, 15) is 0 Å². The highest BCUT2D eigenvalue weighted by molar-refractivity contribution is 5.23. The van der Waals surface area contributed by atoms with Crippen molar-refractivity contribution in [2.24, 2.45) is 0 Å². The van der Waals surface area contributed by atoms with Gasteiger partial charge in [-0.3, -0.25) is 5.10 Å². The van der Waals surface area contributed by atoms with Crippen LogP contribution < -0.4 is 10.1 Å². The third-order valence-electron chi connectivity index (χ3n) is 2.45. The van der Waals surface area contributed by atoms with Gasteiger partial charge >= 0.3 is 0 Å². The number of H-pyrrole nitrogens is 1. The lowest BCUT2D eigenvalue weighted by atomic mass is 10.3. The molecule has 0 spiro atoms. The number of aromatic amines is 1. The summed E-state index contributed by atoms with van der Waals surface area (Å²) in [5.74, 6) is 1.09. The lowest BCUT2D eigenvalue weighted by molar-refractivity contribution is 0.443. The van der Waals surface area contributed by atoms with Crippen LogP contribution in [0.15, 0.2) is 24.4 Å². The average Bonchev–Trinajstić information content (AvgIpc) is 2.77. The van der Waals surface area contributed by atoms with Crippen molar-refractivity contribution in [1.29, 1.82) is 0 Å². The molecule has 2 aromatic heterocycles. The van der Waals surface area contributed by atoms with Crippen molar-refractivity contribution in [2.45, 2.75) is 26.8 Å². The second kappa shape index (κ2) is 6.16. The van der Waals surface area contributed by atoms with Crippen molar-refractivity contribution in [1.82, 2.24) is 20.5 Å². The number of aryl methyl sites for hydroxylation is 1. The first-order valence-corrected chi connectivity index (χ1v) is 6.13. The zero-order valence-electron chi connectivity index (χ0n) is 10.7. The molecule has 2 N–H and O–H groups in total. The highest BCUT2D eigenvalue weighted by Gasteiger charge is 2.02. The molecular weight excluding hydrogens is 228 g/mol. The molecule has 0 atom stereocenters. The van der Waals surface area contributed by atoms with Gasteiger partial charge < -0.3 is 10.1 Å². The highest BCUT2D eigenvalue weighted by atomic mass is 16.5. The predicted octanol–water partition coefficient (Wildman–Crippen LogP) is 2.41. The van der Waals surface area contributed by atoms with Crippen LogP contribution in [0.4, 0.5) is 0 Å². The Morgan fingerprint density at radius 2 is 2.22 bits per heavy atom. The maximum atomic E-state index is 5.51. The molecule has 5 heteroatoms. The van der Waals surface area contributed by atoms with E-state index in [1.165, 1.54) is 0 Å². The zero-order chi connectivity index (χ0) is 12.8. The second-order valence-electron chi connectivity index (χ2n) is 4.17. The highest BCUT2D eigenvalue weighted by Crippen LogP contribution is 2.17. The Bertz CT molecular complexity index is 478. The number of nitrogens with one attached hydrogen (secondary N) is 2. The molecule has 2 aromatic rings. The minimum Gasteiger partial charge on any atom is -0.419 e. The summed E-state index contributed by atoms with van der Waals surface area (Å²) in [5, 5.41) is 10.1. The first-order valence-electron chi connectivity index (χ1n) is 6.13. The van der Waals surface area contributed by atoms with Crippen molar-refractivity contribution in [3.63, 3.8) is 0 Å². The van der Waals surface area contributed by atoms with Crippen LogP contribution in [0.5, 0.6) is 11.8 Å². The van der Waals surface area contributed by atoms with Crippen molar-refractivity contribution in [3.8, 4) is 11.8 Å². The minimum atomic E-state index is 0.539. The summed E-state index contributed by atoms with van der Waals surface area (Å²) in [5.41, 5.74) is 2.11. The van der Waals surface area contributed by atoms with Gasteiger partial charge in [0.25, 0.3) is 0 Å². The largest absolute Gasteiger partial charge is 0.419 e. The van der Waals surface area contributed by atoms with Gasteiger partial charge in [0.15, 0.2) is 0 Å².